The monoisotopic (exact) mass is 778 g/mol. The third-order valence-corrected chi connectivity index (χ3v) is 20.7. The molecule has 0 nitrogen and oxygen atoms in total. The lowest BCUT2D eigenvalue weighted by atomic mass is 9.95. The van der Waals surface area contributed by atoms with Gasteiger partial charge in [0.05, 0.1) is 12.3 Å². The van der Waals surface area contributed by atoms with E-state index in [1.807, 2.05) is 0 Å². The van der Waals surface area contributed by atoms with Crippen LogP contribution in [0.5, 0.6) is 0 Å². The molecule has 0 amide bonds. The predicted octanol–water partition coefficient (Wildman–Crippen LogP) is 12.1. The van der Waals surface area contributed by atoms with Gasteiger partial charge in [0.15, 0.2) is 0 Å². The molecule has 0 aliphatic carbocycles. The Labute approximate surface area is 343 Å². The van der Waals surface area contributed by atoms with Crippen LogP contribution in [0.15, 0.2) is 243 Å². The first-order valence-electron chi connectivity index (χ1n) is 20.2. The highest BCUT2D eigenvalue weighted by Crippen LogP contribution is 2.59. The minimum absolute atomic E-state index is 0.936. The fourth-order valence-corrected chi connectivity index (χ4v) is 17.7. The molecule has 10 aromatic carbocycles. The van der Waals surface area contributed by atoms with Crippen molar-refractivity contribution in [3.8, 4) is 0 Å². The van der Waals surface area contributed by atoms with Gasteiger partial charge in [0.25, 0.3) is 0 Å². The summed E-state index contributed by atoms with van der Waals surface area (Å²) in [5, 5.41) is 16.2. The van der Waals surface area contributed by atoms with Crippen LogP contribution < -0.4 is 31.8 Å². The zero-order chi connectivity index (χ0) is 38.8. The van der Waals surface area contributed by atoms with Gasteiger partial charge >= 0.3 is 0 Å². The number of hydrogen-bond donors (Lipinski definition) is 0. The molecule has 276 valence electrons. The van der Waals surface area contributed by atoms with Crippen LogP contribution in [-0.4, -0.2) is 0 Å². The zero-order valence-electron chi connectivity index (χ0n) is 32.4. The van der Waals surface area contributed by atoms with Crippen LogP contribution >= 0.6 is 14.5 Å². The molecule has 0 aliphatic rings. The smallest absolute Gasteiger partial charge is 0.0620 e. The third kappa shape index (κ3) is 6.44. The molecule has 0 atom stereocenters. The summed E-state index contributed by atoms with van der Waals surface area (Å²) in [5.74, 6) is 0. The summed E-state index contributed by atoms with van der Waals surface area (Å²) in [4.78, 5) is 0. The Balaban J connectivity index is 1.17. The van der Waals surface area contributed by atoms with Crippen molar-refractivity contribution in [2.45, 2.75) is 12.3 Å². The summed E-state index contributed by atoms with van der Waals surface area (Å²) in [6, 6.07) is 91.3. The summed E-state index contributed by atoms with van der Waals surface area (Å²) < 4.78 is 0. The van der Waals surface area contributed by atoms with E-state index in [4.69, 9.17) is 0 Å². The third-order valence-electron chi connectivity index (χ3n) is 12.0. The maximum atomic E-state index is 2.52. The predicted molar refractivity (Wildman–Crippen MR) is 257 cm³/mol. The topological polar surface area (TPSA) is 0 Å². The molecule has 0 unspecified atom stereocenters. The van der Waals surface area contributed by atoms with Crippen LogP contribution in [0, 0.1) is 0 Å². The Morgan fingerprint density at radius 3 is 0.759 bits per heavy atom. The first-order valence-corrected chi connectivity index (χ1v) is 24.1. The van der Waals surface area contributed by atoms with Crippen LogP contribution in [0.1, 0.15) is 11.1 Å². The Kier molecular flexibility index (Phi) is 9.77. The normalized spacial score (nSPS) is 11.9. The number of fused-ring (bicyclic) bond motifs is 5. The van der Waals surface area contributed by atoms with Crippen molar-refractivity contribution in [3.63, 3.8) is 0 Å². The Bertz CT molecular complexity index is 2570. The summed E-state index contributed by atoms with van der Waals surface area (Å²) in [5.41, 5.74) is 2.72. The molecule has 0 radical (unpaired) electrons. The lowest BCUT2D eigenvalue weighted by Crippen LogP contribution is -2.32. The second-order valence-corrected chi connectivity index (χ2v) is 22.3. The van der Waals surface area contributed by atoms with Crippen molar-refractivity contribution in [2.75, 3.05) is 0 Å². The first kappa shape index (κ1) is 36.2. The van der Waals surface area contributed by atoms with Gasteiger partial charge in [0.2, 0.25) is 0 Å². The molecule has 0 N–H and O–H groups in total. The van der Waals surface area contributed by atoms with Gasteiger partial charge in [-0.3, -0.25) is 0 Å². The zero-order valence-corrected chi connectivity index (χ0v) is 34.2. The Morgan fingerprint density at radius 2 is 0.483 bits per heavy atom. The fraction of sp³-hybridized carbons (Fsp3) is 0.0357. The van der Waals surface area contributed by atoms with Gasteiger partial charge in [0, 0.05) is 0 Å². The molecule has 58 heavy (non-hydrogen) atoms. The SMILES string of the molecule is c1ccc([P+](Cc2ccc3ccc4ccc5ccc(C[P+](c6ccccc6)(c6ccccc6)c6ccccc6)cc5c4c3c2)(c2ccccc2)c2ccccc2)cc1. The average Bonchev–Trinajstić information content (AvgIpc) is 3.31. The molecule has 10 rings (SSSR count). The second-order valence-electron chi connectivity index (χ2n) is 15.3. The second kappa shape index (κ2) is 15.6. The Hall–Kier alpha value is -6.16. The van der Waals surface area contributed by atoms with Crippen LogP contribution in [0.25, 0.3) is 32.3 Å². The van der Waals surface area contributed by atoms with Crippen LogP contribution in [0.4, 0.5) is 0 Å². The molecule has 0 heterocycles. The molecular formula is C56H44P2+2. The number of hydrogen-bond acceptors (Lipinski definition) is 0. The highest BCUT2D eigenvalue weighted by molar-refractivity contribution is 7.95. The molecule has 0 saturated heterocycles. The molecular weight excluding hydrogens is 735 g/mol. The van der Waals surface area contributed by atoms with Gasteiger partial charge in [-0.15, -0.1) is 0 Å². The maximum absolute atomic E-state index is 2.52. The summed E-state index contributed by atoms with van der Waals surface area (Å²) >= 11 is 0. The van der Waals surface area contributed by atoms with Crippen molar-refractivity contribution in [1.82, 2.24) is 0 Å². The van der Waals surface area contributed by atoms with Gasteiger partial charge in [0.1, 0.15) is 46.4 Å². The molecule has 2 heteroatoms. The van der Waals surface area contributed by atoms with E-state index >= 15 is 0 Å². The molecule has 0 aliphatic heterocycles. The molecule has 0 aromatic heterocycles. The minimum atomic E-state index is -2.08. The largest absolute Gasteiger partial charge is 0.116 e. The number of rotatable bonds is 10. The standard InChI is InChI=1S/C56H44P2/c1-7-19-48(20-8-1)57(49-21-9-2-10-22-49,50-23-11-3-12-24-50)41-43-31-33-45-35-37-47-38-36-46-34-32-44(40-55(46)56(47)54(45)39-43)42-58(51-25-13-4-14-26-51,52-27-15-5-16-28-52)53-29-17-6-18-30-53/h1-40H,41-42H2/q+2. The molecule has 0 fully saturated rings. The van der Waals surface area contributed by atoms with E-state index in [9.17, 15) is 0 Å². The quantitative estimate of drug-likeness (QED) is 0.0958. The fourth-order valence-electron chi connectivity index (χ4n) is 9.25. The van der Waals surface area contributed by atoms with Crippen molar-refractivity contribution in [3.05, 3.63) is 254 Å². The Morgan fingerprint density at radius 1 is 0.241 bits per heavy atom. The average molecular weight is 779 g/mol. The van der Waals surface area contributed by atoms with Crippen LogP contribution in [-0.2, 0) is 12.3 Å². The minimum Gasteiger partial charge on any atom is -0.0620 e. The summed E-state index contributed by atoms with van der Waals surface area (Å²) in [6.07, 6.45) is 1.87. The first-order chi connectivity index (χ1) is 28.7. The van der Waals surface area contributed by atoms with E-state index in [0.717, 1.165) is 12.3 Å². The molecule has 0 saturated carbocycles. The van der Waals surface area contributed by atoms with Crippen LogP contribution in [0.3, 0.4) is 0 Å². The van der Waals surface area contributed by atoms with Gasteiger partial charge in [-0.2, -0.15) is 0 Å². The summed E-state index contributed by atoms with van der Waals surface area (Å²) in [7, 11) is -4.15. The molecule has 10 aromatic rings. The van der Waals surface area contributed by atoms with Gasteiger partial charge in [-0.1, -0.05) is 158 Å². The van der Waals surface area contributed by atoms with Crippen molar-refractivity contribution >= 4 is 78.7 Å². The van der Waals surface area contributed by atoms with E-state index < -0.39 is 14.5 Å². The number of benzene rings is 10. The summed E-state index contributed by atoms with van der Waals surface area (Å²) in [6.45, 7) is 0. The highest BCUT2D eigenvalue weighted by atomic mass is 31.2. The lowest BCUT2D eigenvalue weighted by Gasteiger charge is -2.28. The van der Waals surface area contributed by atoms with Crippen molar-refractivity contribution < 1.29 is 0 Å². The van der Waals surface area contributed by atoms with Crippen molar-refractivity contribution in [1.29, 1.82) is 0 Å². The van der Waals surface area contributed by atoms with E-state index in [-0.39, 0.29) is 0 Å². The van der Waals surface area contributed by atoms with Gasteiger partial charge in [-0.05, 0) is 128 Å². The lowest BCUT2D eigenvalue weighted by molar-refractivity contribution is 1.41. The highest BCUT2D eigenvalue weighted by Gasteiger charge is 2.46. The van der Waals surface area contributed by atoms with Gasteiger partial charge < -0.3 is 0 Å². The van der Waals surface area contributed by atoms with Gasteiger partial charge in [-0.25, -0.2) is 0 Å². The molecule has 0 spiro atoms. The van der Waals surface area contributed by atoms with E-state index in [2.05, 4.69) is 243 Å². The molecule has 0 bridgehead atoms. The van der Waals surface area contributed by atoms with Crippen molar-refractivity contribution in [2.24, 2.45) is 0 Å². The maximum Gasteiger partial charge on any atom is 0.116 e. The van der Waals surface area contributed by atoms with E-state index in [1.54, 1.807) is 0 Å². The van der Waals surface area contributed by atoms with E-state index in [0.29, 0.717) is 0 Å². The van der Waals surface area contributed by atoms with E-state index in [1.165, 1.54) is 75.3 Å². The van der Waals surface area contributed by atoms with Crippen LogP contribution in [0.2, 0.25) is 0 Å².